The van der Waals surface area contributed by atoms with Gasteiger partial charge in [-0.15, -0.1) is 0 Å². The Morgan fingerprint density at radius 2 is 1.32 bits per heavy atom. The monoisotopic (exact) mass is 358 g/mol. The molecule has 0 saturated heterocycles. The number of amides is 1. The molecule has 0 bridgehead atoms. The maximum atomic E-state index is 11.5. The second kappa shape index (κ2) is 17.7. The Balaban J connectivity index is 3.27. The Hall–Kier alpha value is -1.14. The van der Waals surface area contributed by atoms with Gasteiger partial charge < -0.3 is 15.7 Å². The number of aliphatic hydroxyl groups is 1. The van der Waals surface area contributed by atoms with E-state index < -0.39 is 18.6 Å². The van der Waals surface area contributed by atoms with Gasteiger partial charge in [0.2, 0.25) is 0 Å². The molecular formula is C19H38N2O4. The van der Waals surface area contributed by atoms with Gasteiger partial charge in [-0.2, -0.15) is 5.48 Å². The number of carbonyl (C=O) groups excluding carboxylic acids is 2. The molecule has 0 aliphatic heterocycles. The average molecular weight is 359 g/mol. The van der Waals surface area contributed by atoms with Crippen LogP contribution < -0.4 is 11.2 Å². The molecule has 0 fully saturated rings. The number of nitrogens with two attached hydrogens (primary N) is 1. The molecule has 0 aromatic rings. The first-order chi connectivity index (χ1) is 12.1. The van der Waals surface area contributed by atoms with Crippen molar-refractivity contribution in [2.75, 3.05) is 6.61 Å². The Kier molecular flexibility index (Phi) is 16.9. The van der Waals surface area contributed by atoms with E-state index in [2.05, 4.69) is 17.2 Å². The molecule has 148 valence electrons. The van der Waals surface area contributed by atoms with Crippen LogP contribution >= 0.6 is 0 Å². The van der Waals surface area contributed by atoms with Crippen LogP contribution in [0.15, 0.2) is 0 Å². The largest absolute Gasteiger partial charge is 0.394 e. The summed E-state index contributed by atoms with van der Waals surface area (Å²) in [6, 6.07) is -1.11. The molecule has 0 aliphatic rings. The van der Waals surface area contributed by atoms with Gasteiger partial charge >= 0.3 is 5.97 Å². The zero-order valence-electron chi connectivity index (χ0n) is 15.9. The van der Waals surface area contributed by atoms with E-state index >= 15 is 0 Å². The summed E-state index contributed by atoms with van der Waals surface area (Å²) < 4.78 is 0. The molecular weight excluding hydrogens is 320 g/mol. The van der Waals surface area contributed by atoms with Gasteiger partial charge in [-0.1, -0.05) is 84.0 Å². The van der Waals surface area contributed by atoms with Gasteiger partial charge in [-0.25, -0.2) is 4.79 Å². The maximum absolute atomic E-state index is 11.5. The van der Waals surface area contributed by atoms with Crippen molar-refractivity contribution in [2.45, 2.75) is 103 Å². The highest BCUT2D eigenvalue weighted by atomic mass is 16.7. The van der Waals surface area contributed by atoms with Crippen LogP contribution in [-0.2, 0) is 14.4 Å². The Morgan fingerprint density at radius 1 is 0.880 bits per heavy atom. The summed E-state index contributed by atoms with van der Waals surface area (Å²) >= 11 is 0. The Bertz CT molecular complexity index is 337. The minimum atomic E-state index is -1.11. The maximum Gasteiger partial charge on any atom is 0.351 e. The van der Waals surface area contributed by atoms with Crippen LogP contribution in [-0.4, -0.2) is 29.6 Å². The predicted molar refractivity (Wildman–Crippen MR) is 99.6 cm³/mol. The summed E-state index contributed by atoms with van der Waals surface area (Å²) in [6.07, 6.45) is 16.6. The number of hydroxylamine groups is 1. The van der Waals surface area contributed by atoms with Gasteiger partial charge in [-0.05, 0) is 6.42 Å². The molecule has 0 aromatic carbocycles. The first-order valence-corrected chi connectivity index (χ1v) is 9.97. The molecule has 1 atom stereocenters. The van der Waals surface area contributed by atoms with Crippen LogP contribution in [0.5, 0.6) is 0 Å². The van der Waals surface area contributed by atoms with Crippen molar-refractivity contribution in [1.82, 2.24) is 5.48 Å². The molecule has 0 saturated carbocycles. The van der Waals surface area contributed by atoms with Crippen LogP contribution in [0.1, 0.15) is 96.8 Å². The topological polar surface area (TPSA) is 102 Å². The molecule has 0 heterocycles. The predicted octanol–water partition coefficient (Wildman–Crippen LogP) is 3.36. The van der Waals surface area contributed by atoms with Gasteiger partial charge in [0, 0.05) is 6.42 Å². The van der Waals surface area contributed by atoms with Crippen LogP contribution in [0.25, 0.3) is 0 Å². The Morgan fingerprint density at radius 3 is 1.76 bits per heavy atom. The summed E-state index contributed by atoms with van der Waals surface area (Å²) in [5.41, 5.74) is 7.31. The first kappa shape index (κ1) is 23.9. The molecule has 4 N–H and O–H groups in total. The average Bonchev–Trinajstić information content (AvgIpc) is 2.62. The van der Waals surface area contributed by atoms with Crippen molar-refractivity contribution in [2.24, 2.45) is 5.73 Å². The summed E-state index contributed by atoms with van der Waals surface area (Å²) in [5.74, 6) is -1.16. The highest BCUT2D eigenvalue weighted by molar-refractivity contribution is 5.80. The molecule has 0 unspecified atom stereocenters. The molecule has 0 aliphatic carbocycles. The number of aliphatic hydroxyl groups excluding tert-OH is 1. The fraction of sp³-hybridized carbons (Fsp3) is 0.895. The van der Waals surface area contributed by atoms with E-state index in [4.69, 9.17) is 10.8 Å². The number of unbranched alkanes of at least 4 members (excludes halogenated alkanes) is 12. The number of carbonyl (C=O) groups is 2. The molecule has 1 amide bonds. The summed E-state index contributed by atoms with van der Waals surface area (Å²) in [5, 5.41) is 8.67. The molecule has 6 heteroatoms. The van der Waals surface area contributed by atoms with Gasteiger partial charge in [0.05, 0.1) is 6.61 Å². The fourth-order valence-corrected chi connectivity index (χ4v) is 2.61. The van der Waals surface area contributed by atoms with E-state index in [1.54, 1.807) is 0 Å². The lowest BCUT2D eigenvalue weighted by atomic mass is 10.0. The summed E-state index contributed by atoms with van der Waals surface area (Å²) in [7, 11) is 0. The molecule has 6 nitrogen and oxygen atoms in total. The number of hydrogen-bond donors (Lipinski definition) is 3. The summed E-state index contributed by atoms with van der Waals surface area (Å²) in [6.45, 7) is 1.74. The number of hydrogen-bond acceptors (Lipinski definition) is 5. The van der Waals surface area contributed by atoms with Gasteiger partial charge in [0.25, 0.3) is 5.91 Å². The highest BCUT2D eigenvalue weighted by Gasteiger charge is 2.15. The second-order valence-electron chi connectivity index (χ2n) is 6.73. The van der Waals surface area contributed by atoms with E-state index in [9.17, 15) is 9.59 Å². The van der Waals surface area contributed by atoms with E-state index in [1.165, 1.54) is 64.2 Å². The normalized spacial score (nSPS) is 12.0. The second-order valence-corrected chi connectivity index (χ2v) is 6.73. The minimum Gasteiger partial charge on any atom is -0.394 e. The van der Waals surface area contributed by atoms with Crippen molar-refractivity contribution in [3.63, 3.8) is 0 Å². The lowest BCUT2D eigenvalue weighted by Gasteiger charge is -2.08. The van der Waals surface area contributed by atoms with Crippen molar-refractivity contribution >= 4 is 11.9 Å². The standard InChI is InChI=1S/C19H38N2O4/c1-2-3-4-5-6-7-8-9-10-11-12-13-14-15-18(23)21-25-19(24)17(20)16-22/h17,22H,2-16,20H2,1H3,(H,21,23)/t17-/m0/s1. The van der Waals surface area contributed by atoms with Crippen LogP contribution in [0.4, 0.5) is 0 Å². The van der Waals surface area contributed by atoms with E-state index in [-0.39, 0.29) is 5.91 Å². The third-order valence-corrected chi connectivity index (χ3v) is 4.27. The fourth-order valence-electron chi connectivity index (χ4n) is 2.61. The quantitative estimate of drug-likeness (QED) is 0.290. The van der Waals surface area contributed by atoms with Gasteiger partial charge in [0.15, 0.2) is 0 Å². The Labute approximate surface area is 152 Å². The van der Waals surface area contributed by atoms with E-state index in [0.717, 1.165) is 19.3 Å². The zero-order chi connectivity index (χ0) is 18.8. The summed E-state index contributed by atoms with van der Waals surface area (Å²) in [4.78, 5) is 27.1. The van der Waals surface area contributed by atoms with Crippen LogP contribution in [0.3, 0.4) is 0 Å². The third kappa shape index (κ3) is 16.1. The zero-order valence-corrected chi connectivity index (χ0v) is 15.9. The number of nitrogens with one attached hydrogen (secondary N) is 1. The smallest absolute Gasteiger partial charge is 0.351 e. The van der Waals surface area contributed by atoms with Gasteiger partial charge in [0.1, 0.15) is 6.04 Å². The van der Waals surface area contributed by atoms with Crippen LogP contribution in [0.2, 0.25) is 0 Å². The molecule has 0 spiro atoms. The highest BCUT2D eigenvalue weighted by Crippen LogP contribution is 2.12. The molecule has 0 radical (unpaired) electrons. The van der Waals surface area contributed by atoms with Crippen molar-refractivity contribution in [3.05, 3.63) is 0 Å². The first-order valence-electron chi connectivity index (χ1n) is 9.97. The lowest BCUT2D eigenvalue weighted by Crippen LogP contribution is -2.40. The lowest BCUT2D eigenvalue weighted by molar-refractivity contribution is -0.160. The van der Waals surface area contributed by atoms with E-state index in [1.807, 2.05) is 0 Å². The van der Waals surface area contributed by atoms with Crippen molar-refractivity contribution in [1.29, 1.82) is 0 Å². The third-order valence-electron chi connectivity index (χ3n) is 4.27. The SMILES string of the molecule is CCCCCCCCCCCCCCCC(=O)NOC(=O)[C@@H](N)CO. The van der Waals surface area contributed by atoms with Crippen LogP contribution in [0, 0.1) is 0 Å². The minimum absolute atomic E-state index is 0.332. The van der Waals surface area contributed by atoms with Gasteiger partial charge in [-0.3, -0.25) is 4.79 Å². The molecule has 0 aromatic heterocycles. The van der Waals surface area contributed by atoms with Crippen molar-refractivity contribution < 1.29 is 19.5 Å². The van der Waals surface area contributed by atoms with E-state index in [0.29, 0.717) is 6.42 Å². The molecule has 25 heavy (non-hydrogen) atoms. The number of rotatable bonds is 16. The van der Waals surface area contributed by atoms with Crippen molar-refractivity contribution in [3.8, 4) is 0 Å². The molecule has 0 rings (SSSR count).